The Morgan fingerprint density at radius 3 is 2.24 bits per heavy atom. The van der Waals surface area contributed by atoms with Crippen LogP contribution >= 0.6 is 7.60 Å². The van der Waals surface area contributed by atoms with Gasteiger partial charge in [-0.25, -0.2) is 4.79 Å². The summed E-state index contributed by atoms with van der Waals surface area (Å²) in [4.78, 5) is 24.6. The van der Waals surface area contributed by atoms with Crippen LogP contribution in [-0.4, -0.2) is 42.9 Å². The molecule has 1 aliphatic rings. The fraction of sp³-hybridized carbons (Fsp3) is 0.593. The molecule has 1 aromatic rings. The summed E-state index contributed by atoms with van der Waals surface area (Å²) in [7, 11) is -4.02. The second kappa shape index (κ2) is 14.6. The minimum Gasteiger partial charge on any atom is -0.460 e. The van der Waals surface area contributed by atoms with Gasteiger partial charge >= 0.3 is 13.6 Å². The number of allylic oxidation sites excluding steroid dienone is 3. The molecule has 1 aromatic carbocycles. The lowest BCUT2D eigenvalue weighted by Crippen LogP contribution is -2.31. The van der Waals surface area contributed by atoms with Gasteiger partial charge in [-0.15, -0.1) is 0 Å². The summed E-state index contributed by atoms with van der Waals surface area (Å²) in [5.41, 5.74) is 1.42. The maximum absolute atomic E-state index is 14.7. The fourth-order valence-electron chi connectivity index (χ4n) is 4.04. The first kappa shape index (κ1) is 31.7. The molecule has 11 heteroatoms. The van der Waals surface area contributed by atoms with Gasteiger partial charge in [0.05, 0.1) is 40.5 Å². The molecule has 0 spiro atoms. The molecular weight excluding hydrogens is 511 g/mol. The number of nitrogens with one attached hydrogen (secondary N) is 1. The molecule has 0 amide bonds. The average molecular weight is 553 g/mol. The van der Waals surface area contributed by atoms with E-state index in [2.05, 4.69) is 5.32 Å². The standard InChI is InChI=1S/C27H41N2O8P/c1-8-14-34-15-16-35-27(30)24-20(6)28-21(7)26(25(24)22-12-11-13-23(17-22)29(31)32)38(33,36-18(4)9-2)37-19(5)10-3/h11-13,17-19,25,28H,8-10,14-16H2,1-7H3. The number of rotatable bonds is 15. The van der Waals surface area contributed by atoms with Gasteiger partial charge in [0.25, 0.3) is 5.69 Å². The lowest BCUT2D eigenvalue weighted by molar-refractivity contribution is -0.384. The number of nitrogens with zero attached hydrogens (tertiary/aromatic N) is 1. The Kier molecular flexibility index (Phi) is 12.2. The Balaban J connectivity index is 2.69. The highest BCUT2D eigenvalue weighted by molar-refractivity contribution is 7.58. The van der Waals surface area contributed by atoms with Crippen LogP contribution in [0.3, 0.4) is 0 Å². The highest BCUT2D eigenvalue weighted by Gasteiger charge is 2.46. The van der Waals surface area contributed by atoms with Crippen molar-refractivity contribution in [1.29, 1.82) is 0 Å². The van der Waals surface area contributed by atoms with Crippen molar-refractivity contribution in [2.45, 2.75) is 85.9 Å². The number of dihydropyridines is 1. The summed E-state index contributed by atoms with van der Waals surface area (Å²) in [6, 6.07) is 5.95. The Labute approximate surface area is 225 Å². The van der Waals surface area contributed by atoms with Crippen LogP contribution in [-0.2, 0) is 27.9 Å². The van der Waals surface area contributed by atoms with Gasteiger partial charge in [-0.1, -0.05) is 32.9 Å². The van der Waals surface area contributed by atoms with E-state index < -0.39 is 36.6 Å². The van der Waals surface area contributed by atoms with Crippen LogP contribution in [0.5, 0.6) is 0 Å². The zero-order valence-corrected chi connectivity index (χ0v) is 24.3. The van der Waals surface area contributed by atoms with Gasteiger partial charge in [0, 0.05) is 30.1 Å². The van der Waals surface area contributed by atoms with Gasteiger partial charge in [-0.2, -0.15) is 0 Å². The number of non-ortho nitro benzene ring substituents is 1. The van der Waals surface area contributed by atoms with E-state index >= 15 is 0 Å². The molecule has 0 aromatic heterocycles. The largest absolute Gasteiger partial charge is 0.460 e. The van der Waals surface area contributed by atoms with Crippen molar-refractivity contribution in [3.05, 3.63) is 62.2 Å². The molecule has 38 heavy (non-hydrogen) atoms. The van der Waals surface area contributed by atoms with Gasteiger partial charge < -0.3 is 23.8 Å². The summed E-state index contributed by atoms with van der Waals surface area (Å²) in [6.07, 6.45) is 1.18. The summed E-state index contributed by atoms with van der Waals surface area (Å²) < 4.78 is 37.8. The smallest absolute Gasteiger partial charge is 0.360 e. The van der Waals surface area contributed by atoms with Crippen LogP contribution in [0.4, 0.5) is 5.69 Å². The number of ether oxygens (including phenoxy) is 2. The SMILES string of the molecule is CCCOCCOC(=O)C1=C(C)NC(C)=C(P(=O)(OC(C)CC)OC(C)CC)C1c1cccc([N+](=O)[O-])c1. The molecule has 0 aliphatic carbocycles. The Morgan fingerprint density at radius 1 is 1.05 bits per heavy atom. The van der Waals surface area contributed by atoms with Gasteiger partial charge in [0.2, 0.25) is 0 Å². The number of nitro groups is 1. The summed E-state index contributed by atoms with van der Waals surface area (Å²) in [5, 5.41) is 15.0. The van der Waals surface area contributed by atoms with Crippen molar-refractivity contribution < 1.29 is 32.8 Å². The van der Waals surface area contributed by atoms with E-state index in [4.69, 9.17) is 18.5 Å². The molecular formula is C27H41N2O8P. The van der Waals surface area contributed by atoms with Crippen LogP contribution in [0.2, 0.25) is 0 Å². The minimum atomic E-state index is -4.02. The molecule has 0 saturated carbocycles. The normalized spacial score (nSPS) is 19.0. The number of carbonyl (C=O) groups excluding carboxylic acids is 1. The van der Waals surface area contributed by atoms with Crippen LogP contribution < -0.4 is 5.32 Å². The van der Waals surface area contributed by atoms with Crippen LogP contribution in [0.15, 0.2) is 46.5 Å². The van der Waals surface area contributed by atoms with Gasteiger partial charge in [0.1, 0.15) is 6.61 Å². The van der Waals surface area contributed by atoms with Crippen molar-refractivity contribution >= 4 is 19.3 Å². The van der Waals surface area contributed by atoms with Crippen molar-refractivity contribution in [3.8, 4) is 0 Å². The van der Waals surface area contributed by atoms with Crippen LogP contribution in [0.25, 0.3) is 0 Å². The van der Waals surface area contributed by atoms with Crippen LogP contribution in [0, 0.1) is 10.1 Å². The molecule has 212 valence electrons. The van der Waals surface area contributed by atoms with Crippen molar-refractivity contribution in [2.24, 2.45) is 0 Å². The molecule has 0 saturated heterocycles. The monoisotopic (exact) mass is 552 g/mol. The quantitative estimate of drug-likeness (QED) is 0.0844. The third-order valence-electron chi connectivity index (χ3n) is 6.25. The Hall–Kier alpha value is -2.52. The molecule has 1 aliphatic heterocycles. The first-order chi connectivity index (χ1) is 18.0. The van der Waals surface area contributed by atoms with Gasteiger partial charge in [-0.05, 0) is 52.5 Å². The predicted molar refractivity (Wildman–Crippen MR) is 146 cm³/mol. The van der Waals surface area contributed by atoms with Crippen molar-refractivity contribution in [1.82, 2.24) is 5.32 Å². The molecule has 1 heterocycles. The van der Waals surface area contributed by atoms with Crippen LogP contribution in [0.1, 0.15) is 79.2 Å². The minimum absolute atomic E-state index is 0.0275. The van der Waals surface area contributed by atoms with E-state index in [1.54, 1.807) is 33.8 Å². The Bertz CT molecular complexity index is 1080. The number of hydrogen-bond donors (Lipinski definition) is 1. The summed E-state index contributed by atoms with van der Waals surface area (Å²) >= 11 is 0. The second-order valence-electron chi connectivity index (χ2n) is 9.35. The predicted octanol–water partition coefficient (Wildman–Crippen LogP) is 6.58. The zero-order chi connectivity index (χ0) is 28.5. The van der Waals surface area contributed by atoms with E-state index in [0.717, 1.165) is 6.42 Å². The number of carbonyl (C=O) groups is 1. The number of esters is 1. The molecule has 10 nitrogen and oxygen atoms in total. The third-order valence-corrected chi connectivity index (χ3v) is 8.71. The van der Waals surface area contributed by atoms with Gasteiger partial charge in [-0.3, -0.25) is 14.7 Å². The third kappa shape index (κ3) is 7.99. The molecule has 0 bridgehead atoms. The van der Waals surface area contributed by atoms with E-state index in [9.17, 15) is 19.5 Å². The molecule has 0 fully saturated rings. The number of nitro benzene ring substituents is 1. The lowest BCUT2D eigenvalue weighted by Gasteiger charge is -2.36. The maximum Gasteiger partial charge on any atom is 0.360 e. The van der Waals surface area contributed by atoms with Crippen molar-refractivity contribution in [2.75, 3.05) is 19.8 Å². The summed E-state index contributed by atoms with van der Waals surface area (Å²) in [6.45, 7) is 13.6. The first-order valence-corrected chi connectivity index (χ1v) is 14.7. The van der Waals surface area contributed by atoms with Gasteiger partial charge in [0.15, 0.2) is 0 Å². The highest BCUT2D eigenvalue weighted by atomic mass is 31.2. The van der Waals surface area contributed by atoms with E-state index in [1.807, 2.05) is 20.8 Å². The fourth-order valence-corrected chi connectivity index (χ4v) is 6.62. The second-order valence-corrected chi connectivity index (χ2v) is 11.3. The highest BCUT2D eigenvalue weighted by Crippen LogP contribution is 2.65. The van der Waals surface area contributed by atoms with E-state index in [1.165, 1.54) is 18.2 Å². The first-order valence-electron chi connectivity index (χ1n) is 13.1. The van der Waals surface area contributed by atoms with E-state index in [-0.39, 0.29) is 29.8 Å². The molecule has 3 atom stereocenters. The van der Waals surface area contributed by atoms with E-state index in [0.29, 0.717) is 36.4 Å². The molecule has 0 radical (unpaired) electrons. The molecule has 2 rings (SSSR count). The Morgan fingerprint density at radius 2 is 1.68 bits per heavy atom. The number of benzene rings is 1. The number of hydrogen-bond acceptors (Lipinski definition) is 9. The topological polar surface area (TPSA) is 126 Å². The molecule has 1 N–H and O–H groups in total. The lowest BCUT2D eigenvalue weighted by atomic mass is 9.86. The molecule has 3 unspecified atom stereocenters. The van der Waals surface area contributed by atoms with Crippen molar-refractivity contribution in [3.63, 3.8) is 0 Å². The zero-order valence-electron chi connectivity index (χ0n) is 23.4. The summed E-state index contributed by atoms with van der Waals surface area (Å²) in [5.74, 6) is -1.60. The maximum atomic E-state index is 14.7. The average Bonchev–Trinajstić information content (AvgIpc) is 2.87.